The summed E-state index contributed by atoms with van der Waals surface area (Å²) in [7, 11) is 0. The lowest BCUT2D eigenvalue weighted by Crippen LogP contribution is -2.38. The van der Waals surface area contributed by atoms with Gasteiger partial charge in [0.15, 0.2) is 0 Å². The Morgan fingerprint density at radius 1 is 1.38 bits per heavy atom. The summed E-state index contributed by atoms with van der Waals surface area (Å²) in [4.78, 5) is 16.8. The molecular weight excluding hydrogens is 210 g/mol. The van der Waals surface area contributed by atoms with E-state index in [2.05, 4.69) is 10.3 Å². The van der Waals surface area contributed by atoms with Crippen LogP contribution in [0.1, 0.15) is 0 Å². The van der Waals surface area contributed by atoms with Crippen LogP contribution in [-0.4, -0.2) is 52.4 Å². The quantitative estimate of drug-likeness (QED) is 0.653. The maximum absolute atomic E-state index is 11.7. The van der Waals surface area contributed by atoms with E-state index in [1.165, 1.54) is 11.1 Å². The molecule has 1 rings (SSSR count). The Hall–Kier alpha value is -1.66. The zero-order valence-electron chi connectivity index (χ0n) is 8.83. The predicted molar refractivity (Wildman–Crippen MR) is 59.0 cm³/mol. The Balaban J connectivity index is 2.55. The third-order valence-electron chi connectivity index (χ3n) is 1.94. The molecular formula is C10H15N3O3. The number of amides is 2. The fourth-order valence-electron chi connectivity index (χ4n) is 1.20. The summed E-state index contributed by atoms with van der Waals surface area (Å²) in [5.41, 5.74) is 0.577. The van der Waals surface area contributed by atoms with Crippen LogP contribution in [0.25, 0.3) is 0 Å². The summed E-state index contributed by atoms with van der Waals surface area (Å²) in [6.07, 6.45) is 3.13. The molecule has 0 unspecified atom stereocenters. The number of nitrogens with one attached hydrogen (secondary N) is 1. The number of nitrogens with zero attached hydrogens (tertiary/aromatic N) is 2. The van der Waals surface area contributed by atoms with Crippen molar-refractivity contribution in [2.24, 2.45) is 0 Å². The third-order valence-corrected chi connectivity index (χ3v) is 1.94. The van der Waals surface area contributed by atoms with Gasteiger partial charge in [0.25, 0.3) is 0 Å². The van der Waals surface area contributed by atoms with Crippen molar-refractivity contribution in [2.75, 3.05) is 31.6 Å². The Kier molecular flexibility index (Phi) is 5.24. The normalized spacial score (nSPS) is 9.88. The minimum Gasteiger partial charge on any atom is -0.395 e. The summed E-state index contributed by atoms with van der Waals surface area (Å²) in [6, 6.07) is 3.05. The molecule has 0 aliphatic heterocycles. The molecule has 0 aliphatic carbocycles. The molecule has 6 nitrogen and oxygen atoms in total. The lowest BCUT2D eigenvalue weighted by molar-refractivity contribution is 0.167. The van der Waals surface area contributed by atoms with Gasteiger partial charge in [0.1, 0.15) is 0 Å². The van der Waals surface area contributed by atoms with Gasteiger partial charge in [-0.05, 0) is 12.1 Å². The molecule has 0 aliphatic rings. The van der Waals surface area contributed by atoms with E-state index in [0.717, 1.165) is 0 Å². The second-order valence-electron chi connectivity index (χ2n) is 3.11. The molecule has 0 spiro atoms. The standard InChI is InChI=1S/C10H15N3O3/c14-6-4-13(5-7-15)10(16)12-9-2-1-3-11-8-9/h1-3,8,14-15H,4-7H2,(H,12,16). The maximum Gasteiger partial charge on any atom is 0.322 e. The first-order valence-corrected chi connectivity index (χ1v) is 4.95. The molecule has 2 amide bonds. The molecule has 88 valence electrons. The van der Waals surface area contributed by atoms with Gasteiger partial charge in [-0.1, -0.05) is 0 Å². The minimum absolute atomic E-state index is 0.138. The monoisotopic (exact) mass is 225 g/mol. The third kappa shape index (κ3) is 3.84. The van der Waals surface area contributed by atoms with Crippen LogP contribution >= 0.6 is 0 Å². The van der Waals surface area contributed by atoms with Crippen LogP contribution in [0.15, 0.2) is 24.5 Å². The molecule has 6 heteroatoms. The Morgan fingerprint density at radius 3 is 2.56 bits per heavy atom. The number of aliphatic hydroxyl groups is 2. The number of pyridine rings is 1. The predicted octanol–water partition coefficient (Wildman–Crippen LogP) is -0.0999. The number of carbonyl (C=O) groups is 1. The highest BCUT2D eigenvalue weighted by Crippen LogP contribution is 2.04. The zero-order chi connectivity index (χ0) is 11.8. The van der Waals surface area contributed by atoms with Gasteiger partial charge in [-0.3, -0.25) is 4.98 Å². The number of hydrogen-bond acceptors (Lipinski definition) is 4. The number of rotatable bonds is 5. The summed E-state index contributed by atoms with van der Waals surface area (Å²) in [5, 5.41) is 20.1. The lowest BCUT2D eigenvalue weighted by Gasteiger charge is -2.20. The van der Waals surface area contributed by atoms with Crippen molar-refractivity contribution in [3.05, 3.63) is 24.5 Å². The first-order valence-electron chi connectivity index (χ1n) is 4.95. The number of aromatic nitrogens is 1. The van der Waals surface area contributed by atoms with Gasteiger partial charge in [0.2, 0.25) is 0 Å². The second-order valence-corrected chi connectivity index (χ2v) is 3.11. The van der Waals surface area contributed by atoms with Gasteiger partial charge in [-0.15, -0.1) is 0 Å². The molecule has 1 aromatic heterocycles. The van der Waals surface area contributed by atoms with Crippen LogP contribution in [0.5, 0.6) is 0 Å². The molecule has 0 saturated carbocycles. The molecule has 0 atom stereocenters. The first-order chi connectivity index (χ1) is 7.77. The minimum atomic E-state index is -0.365. The van der Waals surface area contributed by atoms with Crippen molar-refractivity contribution in [2.45, 2.75) is 0 Å². The molecule has 1 aromatic rings. The largest absolute Gasteiger partial charge is 0.395 e. The van der Waals surface area contributed by atoms with Crippen LogP contribution in [0, 0.1) is 0 Å². The topological polar surface area (TPSA) is 85.7 Å². The molecule has 0 saturated heterocycles. The van der Waals surface area contributed by atoms with Crippen LogP contribution in [0.4, 0.5) is 10.5 Å². The SMILES string of the molecule is O=C(Nc1cccnc1)N(CCO)CCO. The van der Waals surface area contributed by atoms with Crippen molar-refractivity contribution < 1.29 is 15.0 Å². The fraction of sp³-hybridized carbons (Fsp3) is 0.400. The summed E-state index contributed by atoms with van der Waals surface area (Å²) in [5.74, 6) is 0. The molecule has 0 fully saturated rings. The maximum atomic E-state index is 11.7. The van der Waals surface area contributed by atoms with E-state index in [1.807, 2.05) is 0 Å². The molecule has 0 bridgehead atoms. The van der Waals surface area contributed by atoms with Crippen LogP contribution in [-0.2, 0) is 0 Å². The van der Waals surface area contributed by atoms with Gasteiger partial charge in [-0.2, -0.15) is 0 Å². The van der Waals surface area contributed by atoms with Gasteiger partial charge >= 0.3 is 6.03 Å². The van der Waals surface area contributed by atoms with Gasteiger partial charge in [-0.25, -0.2) is 4.79 Å². The average Bonchev–Trinajstić information content (AvgIpc) is 2.30. The van der Waals surface area contributed by atoms with E-state index in [0.29, 0.717) is 5.69 Å². The fourth-order valence-corrected chi connectivity index (χ4v) is 1.20. The highest BCUT2D eigenvalue weighted by molar-refractivity contribution is 5.89. The van der Waals surface area contributed by atoms with E-state index < -0.39 is 0 Å². The van der Waals surface area contributed by atoms with Crippen LogP contribution < -0.4 is 5.32 Å². The summed E-state index contributed by atoms with van der Waals surface area (Å²) >= 11 is 0. The number of carbonyl (C=O) groups excluding carboxylic acids is 1. The van der Waals surface area contributed by atoms with Gasteiger partial charge in [0.05, 0.1) is 25.1 Å². The Labute approximate surface area is 93.5 Å². The second kappa shape index (κ2) is 6.76. The zero-order valence-corrected chi connectivity index (χ0v) is 8.83. The number of aliphatic hydroxyl groups excluding tert-OH is 2. The van der Waals surface area contributed by atoms with Crippen molar-refractivity contribution in [1.82, 2.24) is 9.88 Å². The first kappa shape index (κ1) is 12.4. The number of hydrogen-bond donors (Lipinski definition) is 3. The number of anilines is 1. The van der Waals surface area contributed by atoms with E-state index in [9.17, 15) is 4.79 Å². The Morgan fingerprint density at radius 2 is 2.06 bits per heavy atom. The van der Waals surface area contributed by atoms with E-state index in [-0.39, 0.29) is 32.3 Å². The summed E-state index contributed by atoms with van der Waals surface area (Å²) < 4.78 is 0. The average molecular weight is 225 g/mol. The lowest BCUT2D eigenvalue weighted by atomic mass is 10.4. The van der Waals surface area contributed by atoms with Gasteiger partial charge < -0.3 is 20.4 Å². The molecule has 0 aromatic carbocycles. The highest BCUT2D eigenvalue weighted by atomic mass is 16.3. The van der Waals surface area contributed by atoms with Crippen molar-refractivity contribution in [3.63, 3.8) is 0 Å². The van der Waals surface area contributed by atoms with E-state index in [1.54, 1.807) is 18.3 Å². The van der Waals surface area contributed by atoms with Crippen LogP contribution in [0.2, 0.25) is 0 Å². The van der Waals surface area contributed by atoms with E-state index in [4.69, 9.17) is 10.2 Å². The molecule has 1 heterocycles. The summed E-state index contributed by atoms with van der Waals surface area (Å²) in [6.45, 7) is 0.0975. The Bertz CT molecular complexity index is 312. The van der Waals surface area contributed by atoms with E-state index >= 15 is 0 Å². The number of urea groups is 1. The highest BCUT2D eigenvalue weighted by Gasteiger charge is 2.11. The van der Waals surface area contributed by atoms with Crippen molar-refractivity contribution in [1.29, 1.82) is 0 Å². The van der Waals surface area contributed by atoms with Crippen LogP contribution in [0.3, 0.4) is 0 Å². The van der Waals surface area contributed by atoms with Crippen molar-refractivity contribution >= 4 is 11.7 Å². The van der Waals surface area contributed by atoms with Gasteiger partial charge in [0, 0.05) is 19.3 Å². The smallest absolute Gasteiger partial charge is 0.322 e. The molecule has 16 heavy (non-hydrogen) atoms. The molecule has 3 N–H and O–H groups in total. The molecule has 0 radical (unpaired) electrons. The van der Waals surface area contributed by atoms with Crippen molar-refractivity contribution in [3.8, 4) is 0 Å².